The number of methoxy groups -OCH3 is 1. The molecule has 0 fully saturated rings. The molecule has 5 nitrogen and oxygen atoms in total. The van der Waals surface area contributed by atoms with Gasteiger partial charge in [-0.2, -0.15) is 0 Å². The maximum atomic E-state index is 12.4. The van der Waals surface area contributed by atoms with E-state index in [4.69, 9.17) is 16.3 Å². The molecule has 0 bridgehead atoms. The number of rotatable bonds is 6. The zero-order chi connectivity index (χ0) is 17.7. The predicted octanol–water partition coefficient (Wildman–Crippen LogP) is 3.68. The first-order valence-electron chi connectivity index (χ1n) is 7.67. The number of carbonyl (C=O) groups excluding carboxylic acids is 1. The second-order valence-electron chi connectivity index (χ2n) is 5.70. The Balaban J connectivity index is 2.04. The van der Waals surface area contributed by atoms with E-state index in [0.717, 1.165) is 11.3 Å². The zero-order valence-corrected chi connectivity index (χ0v) is 15.1. The lowest BCUT2D eigenvalue weighted by Crippen LogP contribution is -2.32. The Hall–Kier alpha value is -2.11. The number of aromatic nitrogens is 1. The molecule has 0 aliphatic rings. The Labute approximate surface area is 147 Å². The lowest BCUT2D eigenvalue weighted by molar-refractivity contribution is -0.117. The Kier molecular flexibility index (Phi) is 6.17. The summed E-state index contributed by atoms with van der Waals surface area (Å²) in [7, 11) is 3.44. The number of nitrogens with one attached hydrogen (secondary N) is 1. The van der Waals surface area contributed by atoms with E-state index in [9.17, 15) is 4.79 Å². The van der Waals surface area contributed by atoms with Gasteiger partial charge in [0.15, 0.2) is 0 Å². The summed E-state index contributed by atoms with van der Waals surface area (Å²) in [5.74, 6) is 0.416. The van der Waals surface area contributed by atoms with Crippen LogP contribution in [0.1, 0.15) is 24.2 Å². The first-order chi connectivity index (χ1) is 11.4. The number of nitrogens with zero attached hydrogens (tertiary/aromatic N) is 2. The molecule has 1 N–H and O–H groups in total. The highest BCUT2D eigenvalue weighted by Crippen LogP contribution is 2.31. The molecule has 1 aromatic heterocycles. The molecule has 0 saturated carbocycles. The van der Waals surface area contributed by atoms with Gasteiger partial charge >= 0.3 is 0 Å². The van der Waals surface area contributed by atoms with Crippen LogP contribution in [0.3, 0.4) is 0 Å². The third kappa shape index (κ3) is 4.46. The Bertz CT molecular complexity index is 707. The maximum Gasteiger partial charge on any atom is 0.238 e. The fourth-order valence-electron chi connectivity index (χ4n) is 2.33. The molecular formula is C18H22ClN3O2. The first kappa shape index (κ1) is 18.2. The van der Waals surface area contributed by atoms with Gasteiger partial charge in [0, 0.05) is 23.3 Å². The van der Waals surface area contributed by atoms with Crippen molar-refractivity contribution in [1.82, 2.24) is 9.88 Å². The van der Waals surface area contributed by atoms with Crippen LogP contribution < -0.4 is 10.1 Å². The molecule has 24 heavy (non-hydrogen) atoms. The highest BCUT2D eigenvalue weighted by molar-refractivity contribution is 6.31. The molecule has 0 spiro atoms. The molecule has 2 aromatic rings. The normalized spacial score (nSPS) is 12.1. The number of carbonyl (C=O) groups is 1. The van der Waals surface area contributed by atoms with E-state index in [0.29, 0.717) is 16.5 Å². The summed E-state index contributed by atoms with van der Waals surface area (Å²) in [6, 6.07) is 9.30. The fourth-order valence-corrected chi connectivity index (χ4v) is 2.49. The largest absolute Gasteiger partial charge is 0.495 e. The van der Waals surface area contributed by atoms with Gasteiger partial charge in [-0.05, 0) is 44.7 Å². The number of benzene rings is 1. The minimum Gasteiger partial charge on any atom is -0.495 e. The Morgan fingerprint density at radius 1 is 1.42 bits per heavy atom. The number of anilines is 1. The molecule has 128 valence electrons. The van der Waals surface area contributed by atoms with Crippen LogP contribution in [0.25, 0.3) is 0 Å². The summed E-state index contributed by atoms with van der Waals surface area (Å²) in [6.45, 7) is 4.14. The number of hydrogen-bond acceptors (Lipinski definition) is 4. The van der Waals surface area contributed by atoms with Crippen molar-refractivity contribution in [2.75, 3.05) is 26.0 Å². The van der Waals surface area contributed by atoms with Gasteiger partial charge in [0.25, 0.3) is 0 Å². The van der Waals surface area contributed by atoms with Crippen molar-refractivity contribution < 1.29 is 9.53 Å². The van der Waals surface area contributed by atoms with E-state index in [1.54, 1.807) is 25.4 Å². The summed E-state index contributed by atoms with van der Waals surface area (Å²) in [5, 5.41) is 3.48. The van der Waals surface area contributed by atoms with Crippen LogP contribution in [0.2, 0.25) is 5.02 Å². The van der Waals surface area contributed by atoms with E-state index in [-0.39, 0.29) is 18.5 Å². The standard InChI is InChI=1S/C18H22ClN3O2/c1-12-9-16(17(24-4)10-14(12)19)21-18(23)11-22(3)13(2)15-7-5-6-8-20-15/h5-10,13H,11H2,1-4H3,(H,21,23). The van der Waals surface area contributed by atoms with Crippen molar-refractivity contribution in [2.45, 2.75) is 19.9 Å². The lowest BCUT2D eigenvalue weighted by Gasteiger charge is -2.23. The molecule has 1 unspecified atom stereocenters. The number of aryl methyl sites for hydroxylation is 1. The quantitative estimate of drug-likeness (QED) is 0.866. The number of likely N-dealkylation sites (N-methyl/N-ethyl adjacent to an activating group) is 1. The van der Waals surface area contributed by atoms with Crippen LogP contribution in [-0.2, 0) is 4.79 Å². The molecule has 0 aliphatic carbocycles. The summed E-state index contributed by atoms with van der Waals surface area (Å²) < 4.78 is 5.28. The highest BCUT2D eigenvalue weighted by atomic mass is 35.5. The predicted molar refractivity (Wildman–Crippen MR) is 96.7 cm³/mol. The van der Waals surface area contributed by atoms with Gasteiger partial charge in [-0.25, -0.2) is 0 Å². The third-order valence-corrected chi connectivity index (χ3v) is 4.33. The molecule has 1 aromatic carbocycles. The average molecular weight is 348 g/mol. The van der Waals surface area contributed by atoms with Gasteiger partial charge in [-0.15, -0.1) is 0 Å². The smallest absolute Gasteiger partial charge is 0.238 e. The number of halogens is 1. The third-order valence-electron chi connectivity index (χ3n) is 3.92. The molecule has 0 aliphatic heterocycles. The van der Waals surface area contributed by atoms with Crippen LogP contribution in [0.15, 0.2) is 36.5 Å². The van der Waals surface area contributed by atoms with Gasteiger partial charge in [0.2, 0.25) is 5.91 Å². The Morgan fingerprint density at radius 3 is 2.79 bits per heavy atom. The van der Waals surface area contributed by atoms with Gasteiger partial charge in [0.05, 0.1) is 25.0 Å². The van der Waals surface area contributed by atoms with E-state index in [1.165, 1.54) is 0 Å². The van der Waals surface area contributed by atoms with Crippen molar-refractivity contribution in [2.24, 2.45) is 0 Å². The number of ether oxygens (including phenoxy) is 1. The van der Waals surface area contributed by atoms with E-state index in [1.807, 2.05) is 44.0 Å². The van der Waals surface area contributed by atoms with Gasteiger partial charge in [-0.3, -0.25) is 14.7 Å². The van der Waals surface area contributed by atoms with Crippen molar-refractivity contribution >= 4 is 23.2 Å². The summed E-state index contributed by atoms with van der Waals surface area (Å²) >= 11 is 6.09. The topological polar surface area (TPSA) is 54.5 Å². The van der Waals surface area contributed by atoms with Crippen molar-refractivity contribution in [1.29, 1.82) is 0 Å². The van der Waals surface area contributed by atoms with E-state index in [2.05, 4.69) is 10.3 Å². The molecule has 2 rings (SSSR count). The molecule has 1 atom stereocenters. The Morgan fingerprint density at radius 2 is 2.17 bits per heavy atom. The number of amides is 1. The van der Waals surface area contributed by atoms with Crippen LogP contribution in [-0.4, -0.2) is 36.5 Å². The SMILES string of the molecule is COc1cc(Cl)c(C)cc1NC(=O)CN(C)C(C)c1ccccn1. The van der Waals surface area contributed by atoms with Gasteiger partial charge in [0.1, 0.15) is 5.75 Å². The molecular weight excluding hydrogens is 326 g/mol. The molecule has 1 amide bonds. The second-order valence-corrected chi connectivity index (χ2v) is 6.10. The minimum absolute atomic E-state index is 0.0331. The van der Waals surface area contributed by atoms with Crippen LogP contribution >= 0.6 is 11.6 Å². The van der Waals surface area contributed by atoms with Crippen molar-refractivity contribution in [3.63, 3.8) is 0 Å². The van der Waals surface area contributed by atoms with E-state index >= 15 is 0 Å². The summed E-state index contributed by atoms with van der Waals surface area (Å²) in [6.07, 6.45) is 1.75. The average Bonchev–Trinajstić information content (AvgIpc) is 2.57. The second kappa shape index (κ2) is 8.13. The minimum atomic E-state index is -0.125. The number of pyridine rings is 1. The van der Waals surface area contributed by atoms with Crippen LogP contribution in [0, 0.1) is 6.92 Å². The molecule has 6 heteroatoms. The monoisotopic (exact) mass is 347 g/mol. The highest BCUT2D eigenvalue weighted by Gasteiger charge is 2.17. The van der Waals surface area contributed by atoms with Gasteiger partial charge in [-0.1, -0.05) is 17.7 Å². The van der Waals surface area contributed by atoms with Gasteiger partial charge < -0.3 is 10.1 Å². The molecule has 0 radical (unpaired) electrons. The fraction of sp³-hybridized carbons (Fsp3) is 0.333. The summed E-state index contributed by atoms with van der Waals surface area (Å²) in [5.41, 5.74) is 2.42. The first-order valence-corrected chi connectivity index (χ1v) is 8.05. The van der Waals surface area contributed by atoms with Crippen LogP contribution in [0.4, 0.5) is 5.69 Å². The maximum absolute atomic E-state index is 12.4. The van der Waals surface area contributed by atoms with Crippen LogP contribution in [0.5, 0.6) is 5.75 Å². The zero-order valence-electron chi connectivity index (χ0n) is 14.3. The number of hydrogen-bond donors (Lipinski definition) is 1. The molecule has 0 saturated heterocycles. The van der Waals surface area contributed by atoms with Crippen molar-refractivity contribution in [3.05, 3.63) is 52.8 Å². The van der Waals surface area contributed by atoms with Crippen molar-refractivity contribution in [3.8, 4) is 5.75 Å². The van der Waals surface area contributed by atoms with E-state index < -0.39 is 0 Å². The summed E-state index contributed by atoms with van der Waals surface area (Å²) in [4.78, 5) is 18.6. The molecule has 1 heterocycles. The lowest BCUT2D eigenvalue weighted by atomic mass is 10.2.